The van der Waals surface area contributed by atoms with Crippen LogP contribution in [0, 0.1) is 10.1 Å². The number of nitrogens with one attached hydrogen (secondary N) is 1. The van der Waals surface area contributed by atoms with Gasteiger partial charge in [-0.15, -0.1) is 0 Å². The van der Waals surface area contributed by atoms with Crippen LogP contribution in [0.2, 0.25) is 0 Å². The van der Waals surface area contributed by atoms with E-state index < -0.39 is 16.2 Å². The van der Waals surface area contributed by atoms with Crippen molar-refractivity contribution in [1.82, 2.24) is 14.5 Å². The van der Waals surface area contributed by atoms with E-state index in [2.05, 4.69) is 5.32 Å². The second-order valence-corrected chi connectivity index (χ2v) is 9.36. The third-order valence-corrected chi connectivity index (χ3v) is 6.74. The molecule has 5 rings (SSSR count). The van der Waals surface area contributed by atoms with Crippen LogP contribution in [0.25, 0.3) is 16.6 Å². The molecule has 0 fully saturated rings. The Morgan fingerprint density at radius 2 is 1.63 bits per heavy atom. The van der Waals surface area contributed by atoms with Crippen LogP contribution in [-0.4, -0.2) is 33.6 Å². The molecule has 1 amide bonds. The van der Waals surface area contributed by atoms with E-state index in [9.17, 15) is 24.5 Å². The number of methoxy groups -OCH3 is 1. The van der Waals surface area contributed by atoms with Gasteiger partial charge in [0, 0.05) is 24.2 Å². The number of nitro benzene ring substituents is 1. The fraction of sp³-hybridized carbons (Fsp3) is 0.129. The van der Waals surface area contributed by atoms with Gasteiger partial charge in [-0.1, -0.05) is 42.5 Å². The van der Waals surface area contributed by atoms with Gasteiger partial charge in [0.2, 0.25) is 0 Å². The van der Waals surface area contributed by atoms with Gasteiger partial charge < -0.3 is 10.1 Å². The fourth-order valence-electron chi connectivity index (χ4n) is 4.64. The predicted octanol–water partition coefficient (Wildman–Crippen LogP) is 4.09. The van der Waals surface area contributed by atoms with E-state index in [4.69, 9.17) is 4.74 Å². The summed E-state index contributed by atoms with van der Waals surface area (Å²) >= 11 is 0. The molecule has 0 atom stereocenters. The zero-order chi connectivity index (χ0) is 28.9. The summed E-state index contributed by atoms with van der Waals surface area (Å²) in [6, 6.07) is 26.7. The minimum atomic E-state index is -0.652. The highest BCUT2D eigenvalue weighted by atomic mass is 16.6. The summed E-state index contributed by atoms with van der Waals surface area (Å²) in [7, 11) is 1.51. The van der Waals surface area contributed by atoms with Crippen LogP contribution >= 0.6 is 0 Å². The molecule has 0 radical (unpaired) electrons. The number of benzene rings is 4. The number of aromatic nitrogens is 2. The molecule has 0 aliphatic carbocycles. The van der Waals surface area contributed by atoms with Gasteiger partial charge in [0.15, 0.2) is 0 Å². The maximum absolute atomic E-state index is 13.9. The second kappa shape index (κ2) is 11.7. The monoisotopic (exact) mass is 550 g/mol. The van der Waals surface area contributed by atoms with E-state index in [0.29, 0.717) is 30.0 Å². The van der Waals surface area contributed by atoms with Crippen LogP contribution < -0.4 is 21.3 Å². The summed E-state index contributed by atoms with van der Waals surface area (Å²) in [4.78, 5) is 51.3. The van der Waals surface area contributed by atoms with Gasteiger partial charge >= 0.3 is 5.69 Å². The van der Waals surface area contributed by atoms with Crippen LogP contribution in [0.3, 0.4) is 0 Å². The predicted molar refractivity (Wildman–Crippen MR) is 155 cm³/mol. The lowest BCUT2D eigenvalue weighted by atomic mass is 10.1. The number of carbonyl (C=O) groups is 1. The third kappa shape index (κ3) is 5.76. The van der Waals surface area contributed by atoms with Crippen molar-refractivity contribution < 1.29 is 14.5 Å². The van der Waals surface area contributed by atoms with Gasteiger partial charge in [-0.3, -0.25) is 24.3 Å². The maximum Gasteiger partial charge on any atom is 0.336 e. The van der Waals surface area contributed by atoms with Crippen LogP contribution in [0.4, 0.5) is 5.69 Å². The lowest BCUT2D eigenvalue weighted by Crippen LogP contribution is -2.39. The third-order valence-electron chi connectivity index (χ3n) is 6.74. The SMILES string of the molecule is COc1ccc(-n2c(=O)c3ccc(C(=O)NCCc4ccccc4)cc3n(Cc3cccc([N+](=O)[O-])c3)c2=O)cc1. The Morgan fingerprint density at radius 3 is 2.34 bits per heavy atom. The molecule has 1 N–H and O–H groups in total. The van der Waals surface area contributed by atoms with Crippen molar-refractivity contribution in [3.63, 3.8) is 0 Å². The Kier molecular flexibility index (Phi) is 7.73. The molecule has 1 aromatic heterocycles. The first-order valence-electron chi connectivity index (χ1n) is 12.8. The molecule has 0 unspecified atom stereocenters. The van der Waals surface area contributed by atoms with E-state index in [-0.39, 0.29) is 34.6 Å². The van der Waals surface area contributed by atoms with Crippen LogP contribution in [0.15, 0.2) is 107 Å². The van der Waals surface area contributed by atoms with Crippen molar-refractivity contribution in [2.75, 3.05) is 13.7 Å². The summed E-state index contributed by atoms with van der Waals surface area (Å²) in [6.45, 7) is 0.340. The first-order chi connectivity index (χ1) is 19.9. The van der Waals surface area contributed by atoms with Crippen LogP contribution in [0.1, 0.15) is 21.5 Å². The zero-order valence-electron chi connectivity index (χ0n) is 22.2. The highest BCUT2D eigenvalue weighted by molar-refractivity contribution is 5.97. The van der Waals surface area contributed by atoms with Crippen molar-refractivity contribution in [3.8, 4) is 11.4 Å². The highest BCUT2D eigenvalue weighted by Gasteiger charge is 2.18. The van der Waals surface area contributed by atoms with Crippen molar-refractivity contribution in [1.29, 1.82) is 0 Å². The summed E-state index contributed by atoms with van der Waals surface area (Å²) in [5, 5.41) is 14.5. The number of non-ortho nitro benzene ring substituents is 1. The first-order valence-corrected chi connectivity index (χ1v) is 12.8. The Morgan fingerprint density at radius 1 is 0.902 bits per heavy atom. The van der Waals surface area contributed by atoms with Gasteiger partial charge in [-0.25, -0.2) is 9.36 Å². The number of carbonyl (C=O) groups excluding carboxylic acids is 1. The van der Waals surface area contributed by atoms with E-state index in [0.717, 1.165) is 10.1 Å². The molecule has 1 heterocycles. The topological polar surface area (TPSA) is 125 Å². The maximum atomic E-state index is 13.9. The molecule has 0 saturated heterocycles. The molecular formula is C31H26N4O6. The standard InChI is InChI=1S/C31H26N4O6/c1-41-26-13-11-24(12-14-26)34-30(37)27-15-10-23(29(36)32-17-16-21-6-3-2-4-7-21)19-28(27)33(31(34)38)20-22-8-5-9-25(18-22)35(39)40/h2-15,18-19H,16-17,20H2,1H3,(H,32,36). The lowest BCUT2D eigenvalue weighted by molar-refractivity contribution is -0.384. The molecule has 0 spiro atoms. The second-order valence-electron chi connectivity index (χ2n) is 9.36. The van der Waals surface area contributed by atoms with Crippen LogP contribution in [-0.2, 0) is 13.0 Å². The molecule has 0 aliphatic rings. The molecule has 0 aliphatic heterocycles. The molecule has 5 aromatic rings. The number of nitrogens with zero attached hydrogens (tertiary/aromatic N) is 3. The fourth-order valence-corrected chi connectivity index (χ4v) is 4.64. The molecule has 0 saturated carbocycles. The van der Waals surface area contributed by atoms with Gasteiger partial charge in [0.1, 0.15) is 5.75 Å². The number of amides is 1. The van der Waals surface area contributed by atoms with Gasteiger partial charge in [0.05, 0.1) is 35.2 Å². The Balaban J connectivity index is 1.59. The summed E-state index contributed by atoms with van der Waals surface area (Å²) in [5.41, 5.74) is 1.09. The van der Waals surface area contributed by atoms with Crippen molar-refractivity contribution >= 4 is 22.5 Å². The lowest BCUT2D eigenvalue weighted by Gasteiger charge is -2.16. The first kappa shape index (κ1) is 27.1. The van der Waals surface area contributed by atoms with Gasteiger partial charge in [0.25, 0.3) is 17.2 Å². The molecule has 10 heteroatoms. The number of fused-ring (bicyclic) bond motifs is 1. The Labute approximate surface area is 234 Å². The summed E-state index contributed by atoms with van der Waals surface area (Å²) < 4.78 is 7.58. The van der Waals surface area contributed by atoms with E-state index in [1.165, 1.54) is 42.0 Å². The molecule has 0 bridgehead atoms. The Hall–Kier alpha value is -5.51. The van der Waals surface area contributed by atoms with Crippen molar-refractivity contribution in [2.45, 2.75) is 13.0 Å². The van der Waals surface area contributed by atoms with Crippen LogP contribution in [0.5, 0.6) is 5.75 Å². The van der Waals surface area contributed by atoms with E-state index in [1.54, 1.807) is 36.4 Å². The zero-order valence-corrected chi connectivity index (χ0v) is 22.2. The molecule has 41 heavy (non-hydrogen) atoms. The molecular weight excluding hydrogens is 524 g/mol. The Bertz CT molecular complexity index is 1860. The van der Waals surface area contributed by atoms with Gasteiger partial charge in [-0.2, -0.15) is 0 Å². The number of hydrogen-bond acceptors (Lipinski definition) is 6. The average molecular weight is 551 g/mol. The molecule has 10 nitrogen and oxygen atoms in total. The minimum Gasteiger partial charge on any atom is -0.497 e. The number of ether oxygens (including phenoxy) is 1. The largest absolute Gasteiger partial charge is 0.497 e. The smallest absolute Gasteiger partial charge is 0.336 e. The normalized spacial score (nSPS) is 10.9. The molecule has 4 aromatic carbocycles. The number of nitro groups is 1. The minimum absolute atomic E-state index is 0.0630. The van der Waals surface area contributed by atoms with Gasteiger partial charge in [-0.05, 0) is 60.0 Å². The quantitative estimate of drug-likeness (QED) is 0.218. The van der Waals surface area contributed by atoms with Crippen molar-refractivity contribution in [3.05, 3.63) is 145 Å². The van der Waals surface area contributed by atoms with E-state index in [1.807, 2.05) is 30.3 Å². The average Bonchev–Trinajstić information content (AvgIpc) is 3.00. The number of hydrogen-bond donors (Lipinski definition) is 1. The highest BCUT2D eigenvalue weighted by Crippen LogP contribution is 2.19. The summed E-state index contributed by atoms with van der Waals surface area (Å²) in [5.74, 6) is 0.207. The van der Waals surface area contributed by atoms with E-state index >= 15 is 0 Å². The number of rotatable bonds is 9. The summed E-state index contributed by atoms with van der Waals surface area (Å²) in [6.07, 6.45) is 0.643. The van der Waals surface area contributed by atoms with Crippen molar-refractivity contribution in [2.24, 2.45) is 0 Å². The molecule has 206 valence electrons.